The van der Waals surface area contributed by atoms with Crippen LogP contribution in [0.2, 0.25) is 0 Å². The normalized spacial score (nSPS) is 12.1. The second kappa shape index (κ2) is 8.96. The molecule has 0 radical (unpaired) electrons. The molecule has 0 atom stereocenters. The molecule has 0 fully saturated rings. The van der Waals surface area contributed by atoms with Crippen molar-refractivity contribution in [2.75, 3.05) is 4.90 Å². The monoisotopic (exact) mass is 581 g/mol. The summed E-state index contributed by atoms with van der Waals surface area (Å²) in [6.07, 6.45) is 0. The molecule has 0 aliphatic heterocycles. The lowest BCUT2D eigenvalue weighted by molar-refractivity contribution is 0.668. The summed E-state index contributed by atoms with van der Waals surface area (Å²) in [5.74, 6) is 0. The Bertz CT molecular complexity index is 2750. The van der Waals surface area contributed by atoms with Gasteiger partial charge in [0.2, 0.25) is 0 Å². The molecule has 0 unspecified atom stereocenters. The largest absolute Gasteiger partial charge is 0.456 e. The minimum Gasteiger partial charge on any atom is -0.456 e. The molecule has 10 aromatic rings. The minimum atomic E-state index is 0.889. The third-order valence-corrected chi connectivity index (χ3v) is 9.97. The van der Waals surface area contributed by atoms with Gasteiger partial charge >= 0.3 is 0 Å². The summed E-state index contributed by atoms with van der Waals surface area (Å²) in [6.45, 7) is 0. The van der Waals surface area contributed by atoms with E-state index in [1.54, 1.807) is 0 Å². The van der Waals surface area contributed by atoms with Gasteiger partial charge in [-0.05, 0) is 77.5 Å². The van der Waals surface area contributed by atoms with Crippen molar-refractivity contribution in [2.45, 2.75) is 0 Å². The van der Waals surface area contributed by atoms with Crippen molar-refractivity contribution in [3.8, 4) is 0 Å². The summed E-state index contributed by atoms with van der Waals surface area (Å²) >= 11 is 1.84. The van der Waals surface area contributed by atoms with Gasteiger partial charge in [0.05, 0.1) is 0 Å². The van der Waals surface area contributed by atoms with Gasteiger partial charge in [0, 0.05) is 58.8 Å². The lowest BCUT2D eigenvalue weighted by atomic mass is 10.0. The lowest BCUT2D eigenvalue weighted by Gasteiger charge is -2.26. The van der Waals surface area contributed by atoms with Crippen LogP contribution in [-0.4, -0.2) is 0 Å². The van der Waals surface area contributed by atoms with Gasteiger partial charge in [-0.25, -0.2) is 0 Å². The number of benzene rings is 7. The van der Waals surface area contributed by atoms with Crippen LogP contribution in [0.1, 0.15) is 0 Å². The summed E-state index contributed by atoms with van der Waals surface area (Å²) < 4.78 is 15.0. The number of furan rings is 2. The van der Waals surface area contributed by atoms with E-state index in [0.717, 1.165) is 60.9 Å². The van der Waals surface area contributed by atoms with Gasteiger partial charge in [0.15, 0.2) is 0 Å². The van der Waals surface area contributed by atoms with Crippen molar-refractivity contribution in [3.05, 3.63) is 140 Å². The molecule has 7 aromatic carbocycles. The minimum absolute atomic E-state index is 0.889. The Morgan fingerprint density at radius 2 is 0.955 bits per heavy atom. The number of anilines is 3. The Morgan fingerprint density at radius 3 is 1.84 bits per heavy atom. The van der Waals surface area contributed by atoms with Gasteiger partial charge in [0.1, 0.15) is 22.3 Å². The van der Waals surface area contributed by atoms with Crippen molar-refractivity contribution in [1.29, 1.82) is 0 Å². The van der Waals surface area contributed by atoms with E-state index in [0.29, 0.717) is 0 Å². The standard InChI is InChI=1S/C40H23NO2S/c1-4-10-34-28(7-1)33-22-26(17-20-36(33)42-34)41(27-16-18-30-29-8-3-6-12-38(29)44-39(30)23-27)25-15-13-24-14-19-37-40(32(24)21-25)31-9-2-5-11-35(31)43-37/h1-23H. The fourth-order valence-electron chi connectivity index (χ4n) is 6.82. The summed E-state index contributed by atoms with van der Waals surface area (Å²) in [5.41, 5.74) is 6.87. The Balaban J connectivity index is 1.26. The van der Waals surface area contributed by atoms with Crippen LogP contribution in [0.5, 0.6) is 0 Å². The molecule has 44 heavy (non-hydrogen) atoms. The predicted octanol–water partition coefficient (Wildman–Crippen LogP) is 12.5. The second-order valence-corrected chi connectivity index (χ2v) is 12.4. The third kappa shape index (κ3) is 3.43. The first kappa shape index (κ1) is 23.9. The summed E-state index contributed by atoms with van der Waals surface area (Å²) in [6, 6.07) is 49.6. The summed E-state index contributed by atoms with van der Waals surface area (Å²) in [5, 5.41) is 9.46. The van der Waals surface area contributed by atoms with Gasteiger partial charge in [-0.15, -0.1) is 11.3 Å². The molecule has 4 heteroatoms. The Labute approximate surface area is 255 Å². The van der Waals surface area contributed by atoms with Gasteiger partial charge in [-0.2, -0.15) is 0 Å². The van der Waals surface area contributed by atoms with Crippen molar-refractivity contribution in [2.24, 2.45) is 0 Å². The van der Waals surface area contributed by atoms with E-state index in [2.05, 4.69) is 120 Å². The summed E-state index contributed by atoms with van der Waals surface area (Å²) in [7, 11) is 0. The molecule has 3 nitrogen and oxygen atoms in total. The first-order valence-electron chi connectivity index (χ1n) is 14.8. The maximum Gasteiger partial charge on any atom is 0.136 e. The van der Waals surface area contributed by atoms with E-state index in [4.69, 9.17) is 8.83 Å². The zero-order chi connectivity index (χ0) is 28.8. The molecule has 3 aromatic heterocycles. The van der Waals surface area contributed by atoms with E-state index in [1.165, 1.54) is 30.9 Å². The SMILES string of the molecule is c1ccc2c(c1)oc1ccc(N(c3ccc4c(c3)sc3ccccc34)c3ccc4ccc5oc6ccccc6c5c4c3)cc12. The molecule has 0 aliphatic carbocycles. The van der Waals surface area contributed by atoms with Crippen LogP contribution in [-0.2, 0) is 0 Å². The van der Waals surface area contributed by atoms with Crippen LogP contribution in [0.4, 0.5) is 17.1 Å². The van der Waals surface area contributed by atoms with Crippen LogP contribution in [0.15, 0.2) is 148 Å². The van der Waals surface area contributed by atoms with E-state index in [9.17, 15) is 0 Å². The predicted molar refractivity (Wildman–Crippen MR) is 186 cm³/mol. The van der Waals surface area contributed by atoms with Crippen molar-refractivity contribution >= 4 is 103 Å². The average Bonchev–Trinajstić information content (AvgIpc) is 3.75. The van der Waals surface area contributed by atoms with E-state index >= 15 is 0 Å². The number of hydrogen-bond donors (Lipinski definition) is 0. The highest BCUT2D eigenvalue weighted by Gasteiger charge is 2.19. The third-order valence-electron chi connectivity index (χ3n) is 8.84. The zero-order valence-corrected chi connectivity index (χ0v) is 24.3. The Kier molecular flexibility index (Phi) is 4.87. The molecule has 0 saturated heterocycles. The van der Waals surface area contributed by atoms with Crippen LogP contribution in [0.25, 0.3) is 74.8 Å². The first-order chi connectivity index (χ1) is 21.8. The molecule has 0 bridgehead atoms. The number of rotatable bonds is 3. The maximum atomic E-state index is 6.26. The molecule has 10 rings (SSSR count). The van der Waals surface area contributed by atoms with Gasteiger partial charge in [-0.1, -0.05) is 72.8 Å². The van der Waals surface area contributed by atoms with Crippen molar-refractivity contribution in [3.63, 3.8) is 0 Å². The van der Waals surface area contributed by atoms with Crippen molar-refractivity contribution in [1.82, 2.24) is 0 Å². The van der Waals surface area contributed by atoms with Crippen LogP contribution < -0.4 is 4.90 Å². The molecular weight excluding hydrogens is 559 g/mol. The van der Waals surface area contributed by atoms with E-state index in [1.807, 2.05) is 35.6 Å². The number of thiophene rings is 1. The van der Waals surface area contributed by atoms with Crippen LogP contribution in [0, 0.1) is 0 Å². The molecular formula is C40H23NO2S. The number of fused-ring (bicyclic) bond motifs is 11. The maximum absolute atomic E-state index is 6.26. The summed E-state index contributed by atoms with van der Waals surface area (Å²) in [4.78, 5) is 2.37. The molecule has 0 N–H and O–H groups in total. The molecule has 3 heterocycles. The lowest BCUT2D eigenvalue weighted by Crippen LogP contribution is -2.09. The molecule has 0 saturated carbocycles. The fourth-order valence-corrected chi connectivity index (χ4v) is 7.96. The fraction of sp³-hybridized carbons (Fsp3) is 0. The molecule has 0 aliphatic rings. The van der Waals surface area contributed by atoms with Gasteiger partial charge in [0.25, 0.3) is 0 Å². The number of nitrogens with zero attached hydrogens (tertiary/aromatic N) is 1. The number of hydrogen-bond acceptors (Lipinski definition) is 4. The highest BCUT2D eigenvalue weighted by Crippen LogP contribution is 2.44. The molecule has 206 valence electrons. The highest BCUT2D eigenvalue weighted by molar-refractivity contribution is 7.25. The number of para-hydroxylation sites is 2. The van der Waals surface area contributed by atoms with Crippen LogP contribution >= 0.6 is 11.3 Å². The smallest absolute Gasteiger partial charge is 0.136 e. The molecule has 0 spiro atoms. The topological polar surface area (TPSA) is 29.5 Å². The Hall–Kier alpha value is -5.58. The quantitative estimate of drug-likeness (QED) is 0.208. The second-order valence-electron chi connectivity index (χ2n) is 11.3. The van der Waals surface area contributed by atoms with Crippen molar-refractivity contribution < 1.29 is 8.83 Å². The van der Waals surface area contributed by atoms with Gasteiger partial charge < -0.3 is 13.7 Å². The first-order valence-corrected chi connectivity index (χ1v) is 15.6. The van der Waals surface area contributed by atoms with Crippen LogP contribution in [0.3, 0.4) is 0 Å². The average molecular weight is 582 g/mol. The highest BCUT2D eigenvalue weighted by atomic mass is 32.1. The zero-order valence-electron chi connectivity index (χ0n) is 23.5. The van der Waals surface area contributed by atoms with E-state index in [-0.39, 0.29) is 0 Å². The van der Waals surface area contributed by atoms with E-state index < -0.39 is 0 Å². The Morgan fingerprint density at radius 1 is 0.386 bits per heavy atom. The molecule has 0 amide bonds. The van der Waals surface area contributed by atoms with Gasteiger partial charge in [-0.3, -0.25) is 0 Å².